The molecule has 2 heterocycles. The largest absolute Gasteiger partial charge is 0.490 e. The number of pyridine rings is 1. The average molecular weight is 659 g/mol. The molecule has 0 unspecified atom stereocenters. The maximum absolute atomic E-state index is 12.9. The van der Waals surface area contributed by atoms with Gasteiger partial charge < -0.3 is 20.8 Å². The number of fused-ring (bicyclic) bond motifs is 1. The van der Waals surface area contributed by atoms with Crippen LogP contribution in [-0.2, 0) is 15.8 Å². The first kappa shape index (κ1) is 36.5. The summed E-state index contributed by atoms with van der Waals surface area (Å²) in [4.78, 5) is 41.0. The molecule has 9 nitrogen and oxygen atoms in total. The van der Waals surface area contributed by atoms with Gasteiger partial charge in [-0.1, -0.05) is 63.8 Å². The lowest BCUT2D eigenvalue weighted by molar-refractivity contribution is -0.192. The number of nitrogens with zero attached hydrogens (tertiary/aromatic N) is 2. The van der Waals surface area contributed by atoms with E-state index in [9.17, 15) is 41.0 Å². The molecule has 0 aliphatic rings. The van der Waals surface area contributed by atoms with Crippen molar-refractivity contribution in [2.24, 2.45) is 5.41 Å². The predicted molar refractivity (Wildman–Crippen MR) is 156 cm³/mol. The van der Waals surface area contributed by atoms with Crippen molar-refractivity contribution in [1.29, 1.82) is 0 Å². The normalized spacial score (nSPS) is 12.3. The summed E-state index contributed by atoms with van der Waals surface area (Å²) in [7, 11) is 0. The molecule has 2 aromatic carbocycles. The van der Waals surface area contributed by atoms with Crippen molar-refractivity contribution in [3.63, 3.8) is 0 Å². The zero-order valence-corrected chi connectivity index (χ0v) is 23.9. The SMILES string of the molecule is C.CC(C)(C)[C@H](NC(=O)c1ccc(-c2ccc(Nc3nc4ncc(C(F)(F)F)cc4s3)cc2)cc1)C(=O)O.O=C(O)C(F)(F)F. The van der Waals surface area contributed by atoms with Gasteiger partial charge in [0.1, 0.15) is 6.04 Å². The summed E-state index contributed by atoms with van der Waals surface area (Å²) in [6, 6.07) is 14.1. The highest BCUT2D eigenvalue weighted by Gasteiger charge is 2.38. The molecule has 1 atom stereocenters. The van der Waals surface area contributed by atoms with Crippen LogP contribution in [0.5, 0.6) is 0 Å². The van der Waals surface area contributed by atoms with E-state index in [1.165, 1.54) is 0 Å². The number of anilines is 2. The first-order valence-electron chi connectivity index (χ1n) is 12.4. The van der Waals surface area contributed by atoms with Gasteiger partial charge in [0.25, 0.3) is 5.91 Å². The van der Waals surface area contributed by atoms with Crippen LogP contribution in [0.1, 0.15) is 44.1 Å². The maximum Gasteiger partial charge on any atom is 0.490 e. The Labute approximate surface area is 256 Å². The second-order valence-corrected chi connectivity index (χ2v) is 11.3. The Morgan fingerprint density at radius 3 is 1.82 bits per heavy atom. The molecule has 4 rings (SSSR count). The van der Waals surface area contributed by atoms with Gasteiger partial charge in [-0.2, -0.15) is 31.3 Å². The Bertz CT molecular complexity index is 1650. The number of carbonyl (C=O) groups excluding carboxylic acids is 1. The molecule has 1 amide bonds. The standard InChI is InChI=1S/C26H23F3N4O3S.C2HF3O2.CH4/c1-25(2,3)20(23(35)36)32-22(34)16-6-4-14(5-7-16)15-8-10-18(11-9-15)31-24-33-21-19(37-24)12-17(13-30-21)26(27,28)29;3-2(4,5)1(6)7;/h4-13,20H,1-3H3,(H,32,34)(H,35,36)(H,30,31,33);(H,6,7);1H4/t20-;;/m1../s1. The van der Waals surface area contributed by atoms with Gasteiger partial charge in [-0.3, -0.25) is 4.79 Å². The second-order valence-electron chi connectivity index (χ2n) is 10.3. The summed E-state index contributed by atoms with van der Waals surface area (Å²) in [6.07, 6.45) is -8.78. The molecule has 0 spiro atoms. The Morgan fingerprint density at radius 1 is 0.867 bits per heavy atom. The van der Waals surface area contributed by atoms with Crippen LogP contribution >= 0.6 is 11.3 Å². The van der Waals surface area contributed by atoms with Gasteiger partial charge in [-0.05, 0) is 46.9 Å². The third-order valence-corrected chi connectivity index (χ3v) is 6.73. The highest BCUT2D eigenvalue weighted by atomic mass is 32.1. The molecule has 2 aromatic heterocycles. The number of carboxylic acids is 2. The van der Waals surface area contributed by atoms with Crippen LogP contribution in [0.2, 0.25) is 0 Å². The third kappa shape index (κ3) is 9.89. The lowest BCUT2D eigenvalue weighted by atomic mass is 9.86. The van der Waals surface area contributed by atoms with Crippen LogP contribution in [0.4, 0.5) is 37.2 Å². The van der Waals surface area contributed by atoms with Crippen LogP contribution in [0.3, 0.4) is 0 Å². The van der Waals surface area contributed by atoms with Crippen molar-refractivity contribution in [2.75, 3.05) is 5.32 Å². The van der Waals surface area contributed by atoms with Gasteiger partial charge in [0.2, 0.25) is 0 Å². The van der Waals surface area contributed by atoms with Gasteiger partial charge >= 0.3 is 24.3 Å². The second kappa shape index (κ2) is 13.9. The lowest BCUT2D eigenvalue weighted by Gasteiger charge is -2.27. The molecule has 45 heavy (non-hydrogen) atoms. The highest BCUT2D eigenvalue weighted by Crippen LogP contribution is 2.34. The molecule has 0 aliphatic heterocycles. The number of carbonyl (C=O) groups is 3. The van der Waals surface area contributed by atoms with Crippen molar-refractivity contribution in [2.45, 2.75) is 46.6 Å². The summed E-state index contributed by atoms with van der Waals surface area (Å²) in [5, 5.41) is 22.6. The van der Waals surface area contributed by atoms with E-state index in [-0.39, 0.29) is 13.1 Å². The number of alkyl halides is 6. The monoisotopic (exact) mass is 658 g/mol. The molecular weight excluding hydrogens is 630 g/mol. The zero-order valence-electron chi connectivity index (χ0n) is 23.0. The van der Waals surface area contributed by atoms with E-state index in [4.69, 9.17) is 9.90 Å². The van der Waals surface area contributed by atoms with Crippen LogP contribution < -0.4 is 10.6 Å². The molecule has 0 saturated heterocycles. The van der Waals surface area contributed by atoms with E-state index in [1.807, 2.05) is 12.1 Å². The number of rotatable bonds is 6. The Kier molecular flexibility index (Phi) is 11.3. The zero-order chi connectivity index (χ0) is 33.0. The van der Waals surface area contributed by atoms with E-state index in [0.29, 0.717) is 21.1 Å². The number of benzene rings is 2. The number of aromatic nitrogens is 2. The number of aliphatic carboxylic acids is 2. The first-order chi connectivity index (χ1) is 20.3. The number of hydrogen-bond acceptors (Lipinski definition) is 7. The van der Waals surface area contributed by atoms with E-state index >= 15 is 0 Å². The molecule has 4 aromatic rings. The van der Waals surface area contributed by atoms with Gasteiger partial charge in [-0.25, -0.2) is 14.6 Å². The van der Waals surface area contributed by atoms with Crippen molar-refractivity contribution in [1.82, 2.24) is 15.3 Å². The summed E-state index contributed by atoms with van der Waals surface area (Å²) in [5.41, 5.74) is 1.52. The van der Waals surface area contributed by atoms with Gasteiger partial charge in [-0.15, -0.1) is 0 Å². The molecule has 0 radical (unpaired) electrons. The quantitative estimate of drug-likeness (QED) is 0.155. The Balaban J connectivity index is 0.000000791. The van der Waals surface area contributed by atoms with Crippen molar-refractivity contribution < 1.29 is 50.9 Å². The molecule has 0 fully saturated rings. The van der Waals surface area contributed by atoms with E-state index < -0.39 is 47.2 Å². The smallest absolute Gasteiger partial charge is 0.480 e. The minimum Gasteiger partial charge on any atom is -0.480 e. The fraction of sp³-hybridized carbons (Fsp3) is 0.276. The van der Waals surface area contributed by atoms with Crippen molar-refractivity contribution in [3.8, 4) is 11.1 Å². The molecule has 4 N–H and O–H groups in total. The highest BCUT2D eigenvalue weighted by molar-refractivity contribution is 7.22. The third-order valence-electron chi connectivity index (χ3n) is 5.82. The minimum atomic E-state index is -5.08. The Morgan fingerprint density at radius 2 is 1.38 bits per heavy atom. The summed E-state index contributed by atoms with van der Waals surface area (Å²) < 4.78 is 70.8. The number of nitrogens with one attached hydrogen (secondary N) is 2. The van der Waals surface area contributed by atoms with Crippen molar-refractivity contribution in [3.05, 3.63) is 71.9 Å². The number of hydrogen-bond donors (Lipinski definition) is 4. The minimum absolute atomic E-state index is 0. The molecule has 0 saturated carbocycles. The van der Waals surface area contributed by atoms with Gasteiger partial charge in [0, 0.05) is 17.4 Å². The number of carboxylic acid groups (broad SMARTS) is 2. The van der Waals surface area contributed by atoms with Crippen molar-refractivity contribution >= 4 is 50.3 Å². The molecule has 242 valence electrons. The van der Waals surface area contributed by atoms with Gasteiger partial charge in [0.15, 0.2) is 10.8 Å². The van der Waals surface area contributed by atoms with E-state index in [2.05, 4.69) is 20.6 Å². The molecule has 16 heteroatoms. The molecule has 0 aliphatic carbocycles. The predicted octanol–water partition coefficient (Wildman–Crippen LogP) is 7.62. The average Bonchev–Trinajstić information content (AvgIpc) is 3.32. The number of amides is 1. The lowest BCUT2D eigenvalue weighted by Crippen LogP contribution is -2.49. The molecule has 0 bridgehead atoms. The van der Waals surface area contributed by atoms with Crippen LogP contribution in [0.15, 0.2) is 60.8 Å². The van der Waals surface area contributed by atoms with Crippen LogP contribution in [-0.4, -0.2) is 50.2 Å². The number of halogens is 6. The van der Waals surface area contributed by atoms with E-state index in [1.54, 1.807) is 57.2 Å². The molecular formula is C29H28F6N4O5S. The summed E-state index contributed by atoms with van der Waals surface area (Å²) in [6.45, 7) is 5.22. The first-order valence-corrected chi connectivity index (χ1v) is 13.2. The Hall–Kier alpha value is -4.73. The van der Waals surface area contributed by atoms with Gasteiger partial charge in [0.05, 0.1) is 10.3 Å². The maximum atomic E-state index is 12.9. The van der Waals surface area contributed by atoms with Crippen LogP contribution in [0, 0.1) is 5.41 Å². The topological polar surface area (TPSA) is 142 Å². The fourth-order valence-electron chi connectivity index (χ4n) is 3.57. The number of thiazole rings is 1. The van der Waals surface area contributed by atoms with Crippen LogP contribution in [0.25, 0.3) is 21.5 Å². The summed E-state index contributed by atoms with van der Waals surface area (Å²) >= 11 is 1.08. The van der Waals surface area contributed by atoms with E-state index in [0.717, 1.165) is 34.7 Å². The summed E-state index contributed by atoms with van der Waals surface area (Å²) in [5.74, 6) is -4.33. The fourth-order valence-corrected chi connectivity index (χ4v) is 4.46.